The molecule has 4 aromatic heterocycles. The molecule has 0 spiro atoms. The van der Waals surface area contributed by atoms with Crippen molar-refractivity contribution >= 4 is 11.3 Å². The Kier molecular flexibility index (Phi) is 5.44. The topological polar surface area (TPSA) is 60.4 Å². The molecule has 0 radical (unpaired) electrons. The molecule has 9 rings (SSSR count). The second-order valence-corrected chi connectivity index (χ2v) is 12.2. The summed E-state index contributed by atoms with van der Waals surface area (Å²) in [5.74, 6) is 1.32. The quantitative estimate of drug-likeness (QED) is 0.209. The van der Waals surface area contributed by atoms with Gasteiger partial charge in [0.05, 0.1) is 0 Å². The Morgan fingerprint density at radius 3 is 1.58 bits per heavy atom. The summed E-state index contributed by atoms with van der Waals surface area (Å²) in [6.45, 7) is 4.65. The van der Waals surface area contributed by atoms with Crippen LogP contribution in [0.25, 0.3) is 67.5 Å². The second-order valence-electron chi connectivity index (χ2n) is 12.2. The van der Waals surface area contributed by atoms with Gasteiger partial charge in [-0.25, -0.2) is 19.0 Å². The Bertz CT molecular complexity index is 2250. The molecule has 0 bridgehead atoms. The van der Waals surface area contributed by atoms with Crippen molar-refractivity contribution in [1.29, 1.82) is 0 Å². The number of fused-ring (bicyclic) bond motifs is 5. The maximum Gasteiger partial charge on any atom is 0.182 e. The third-order valence-electron chi connectivity index (χ3n) is 9.07. The highest BCUT2D eigenvalue weighted by Gasteiger charge is 2.35. The van der Waals surface area contributed by atoms with Crippen LogP contribution in [0.2, 0.25) is 0 Å². The fourth-order valence-corrected chi connectivity index (χ4v) is 6.70. The van der Waals surface area contributed by atoms with Gasteiger partial charge in [0.1, 0.15) is 0 Å². The van der Waals surface area contributed by atoms with Crippen LogP contribution in [0.1, 0.15) is 25.0 Å². The second kappa shape index (κ2) is 9.56. The molecule has 214 valence electrons. The minimum atomic E-state index is -0.0311. The molecule has 6 nitrogen and oxygen atoms in total. The monoisotopic (exact) mass is 580 g/mol. The van der Waals surface area contributed by atoms with Crippen molar-refractivity contribution in [2.45, 2.75) is 19.3 Å². The van der Waals surface area contributed by atoms with Crippen LogP contribution < -0.4 is 0 Å². The third-order valence-corrected chi connectivity index (χ3v) is 9.07. The van der Waals surface area contributed by atoms with Gasteiger partial charge in [-0.2, -0.15) is 0 Å². The first-order valence-electron chi connectivity index (χ1n) is 15.2. The molecule has 0 unspecified atom stereocenters. The Morgan fingerprint density at radius 1 is 0.444 bits per heavy atom. The zero-order valence-corrected chi connectivity index (χ0v) is 24.9. The van der Waals surface area contributed by atoms with Crippen molar-refractivity contribution in [2.75, 3.05) is 0 Å². The highest BCUT2D eigenvalue weighted by molar-refractivity contribution is 5.84. The van der Waals surface area contributed by atoms with Crippen molar-refractivity contribution in [1.82, 2.24) is 29.2 Å². The maximum absolute atomic E-state index is 4.81. The molecule has 6 heteroatoms. The third kappa shape index (κ3) is 4.10. The number of rotatable bonds is 4. The SMILES string of the molecule is CC1(C)c2ccccc2-c2ccc(-c3ccc(-c4cc(-c5nc6ccccn6n5)cc(-c5nc6ccccn6n5)c4)cc3)cc21. The van der Waals surface area contributed by atoms with Gasteiger partial charge in [0, 0.05) is 28.9 Å². The first-order chi connectivity index (χ1) is 22.0. The van der Waals surface area contributed by atoms with E-state index in [0.29, 0.717) is 11.6 Å². The fourth-order valence-electron chi connectivity index (χ4n) is 6.70. The smallest absolute Gasteiger partial charge is 0.182 e. The van der Waals surface area contributed by atoms with Crippen LogP contribution in [-0.4, -0.2) is 29.2 Å². The summed E-state index contributed by atoms with van der Waals surface area (Å²) in [6, 6.07) is 42.6. The lowest BCUT2D eigenvalue weighted by Gasteiger charge is -2.22. The average molecular weight is 581 g/mol. The first kappa shape index (κ1) is 25.6. The number of hydrogen-bond donors (Lipinski definition) is 0. The fraction of sp³-hybridized carbons (Fsp3) is 0.0769. The molecule has 4 heterocycles. The van der Waals surface area contributed by atoms with Gasteiger partial charge in [0.25, 0.3) is 0 Å². The van der Waals surface area contributed by atoms with E-state index in [-0.39, 0.29) is 5.41 Å². The molecule has 1 aliphatic rings. The van der Waals surface area contributed by atoms with E-state index in [0.717, 1.165) is 33.5 Å². The van der Waals surface area contributed by atoms with E-state index >= 15 is 0 Å². The summed E-state index contributed by atoms with van der Waals surface area (Å²) in [4.78, 5) is 9.62. The van der Waals surface area contributed by atoms with Crippen LogP contribution >= 0.6 is 0 Å². The van der Waals surface area contributed by atoms with Gasteiger partial charge in [0.15, 0.2) is 22.9 Å². The number of benzene rings is 4. The summed E-state index contributed by atoms with van der Waals surface area (Å²) >= 11 is 0. The van der Waals surface area contributed by atoms with Gasteiger partial charge in [0.2, 0.25) is 0 Å². The lowest BCUT2D eigenvalue weighted by molar-refractivity contribution is 0.660. The van der Waals surface area contributed by atoms with Gasteiger partial charge in [-0.15, -0.1) is 10.2 Å². The van der Waals surface area contributed by atoms with Crippen LogP contribution in [0.5, 0.6) is 0 Å². The lowest BCUT2D eigenvalue weighted by atomic mass is 9.81. The Labute approximate surface area is 260 Å². The number of pyridine rings is 2. The molecule has 45 heavy (non-hydrogen) atoms. The average Bonchev–Trinajstić information content (AvgIpc) is 3.78. The molecule has 0 fully saturated rings. The molecule has 0 atom stereocenters. The molecule has 0 aliphatic heterocycles. The van der Waals surface area contributed by atoms with Crippen molar-refractivity contribution in [2.24, 2.45) is 0 Å². The number of hydrogen-bond acceptors (Lipinski definition) is 4. The Hall–Kier alpha value is -5.88. The lowest BCUT2D eigenvalue weighted by Crippen LogP contribution is -2.14. The number of nitrogens with zero attached hydrogens (tertiary/aromatic N) is 6. The minimum Gasteiger partial charge on any atom is -0.221 e. The highest BCUT2D eigenvalue weighted by Crippen LogP contribution is 2.49. The van der Waals surface area contributed by atoms with Gasteiger partial charge >= 0.3 is 0 Å². The Balaban J connectivity index is 1.13. The first-order valence-corrected chi connectivity index (χ1v) is 15.2. The number of aromatic nitrogens is 6. The van der Waals surface area contributed by atoms with Crippen LogP contribution in [0.15, 0.2) is 134 Å². The van der Waals surface area contributed by atoms with Crippen molar-refractivity contribution in [3.63, 3.8) is 0 Å². The van der Waals surface area contributed by atoms with Crippen molar-refractivity contribution < 1.29 is 0 Å². The minimum absolute atomic E-state index is 0.0311. The van der Waals surface area contributed by atoms with Crippen molar-refractivity contribution in [3.05, 3.63) is 145 Å². The summed E-state index contributed by atoms with van der Waals surface area (Å²) in [5, 5.41) is 9.53. The zero-order valence-electron chi connectivity index (χ0n) is 24.9. The van der Waals surface area contributed by atoms with E-state index in [4.69, 9.17) is 20.2 Å². The van der Waals surface area contributed by atoms with Gasteiger partial charge in [-0.3, -0.25) is 0 Å². The van der Waals surface area contributed by atoms with E-state index < -0.39 is 0 Å². The maximum atomic E-state index is 4.81. The van der Waals surface area contributed by atoms with E-state index in [9.17, 15) is 0 Å². The standard InChI is InChI=1S/C39H28N6/c1-39(2)33-10-4-3-9-31(33)32-18-17-27(24-34(32)39)25-13-15-26(16-14-25)28-21-29(37-40-35-11-5-7-19-44(35)42-37)23-30(22-28)38-41-36-12-6-8-20-45(36)43-38/h3-24H,1-2H3. The van der Waals surface area contributed by atoms with Gasteiger partial charge < -0.3 is 0 Å². The molecule has 0 saturated carbocycles. The summed E-state index contributed by atoms with van der Waals surface area (Å²) < 4.78 is 3.60. The molecular formula is C39H28N6. The van der Waals surface area contributed by atoms with Crippen LogP contribution in [-0.2, 0) is 5.41 Å². The normalized spacial score (nSPS) is 13.3. The largest absolute Gasteiger partial charge is 0.221 e. The van der Waals surface area contributed by atoms with E-state index in [1.165, 1.54) is 33.4 Å². The van der Waals surface area contributed by atoms with Crippen molar-refractivity contribution in [3.8, 4) is 56.2 Å². The highest BCUT2D eigenvalue weighted by atomic mass is 15.3. The molecule has 8 aromatic rings. The predicted octanol–water partition coefficient (Wildman–Crippen LogP) is 8.75. The van der Waals surface area contributed by atoms with Gasteiger partial charge in [-0.05, 0) is 93.0 Å². The molecule has 0 amide bonds. The van der Waals surface area contributed by atoms with Gasteiger partial charge in [-0.1, -0.05) is 86.6 Å². The predicted molar refractivity (Wildman–Crippen MR) is 179 cm³/mol. The molecule has 4 aromatic carbocycles. The molecule has 0 saturated heterocycles. The van der Waals surface area contributed by atoms with Crippen LogP contribution in [0.3, 0.4) is 0 Å². The van der Waals surface area contributed by atoms with E-state index in [1.807, 2.05) is 48.8 Å². The summed E-state index contributed by atoms with van der Waals surface area (Å²) in [7, 11) is 0. The molecule has 0 N–H and O–H groups in total. The van der Waals surface area contributed by atoms with E-state index in [2.05, 4.69) is 98.8 Å². The summed E-state index contributed by atoms with van der Waals surface area (Å²) in [5.41, 5.74) is 13.4. The molecule has 1 aliphatic carbocycles. The van der Waals surface area contributed by atoms with E-state index in [1.54, 1.807) is 9.03 Å². The van der Waals surface area contributed by atoms with Crippen LogP contribution in [0.4, 0.5) is 0 Å². The summed E-state index contributed by atoms with van der Waals surface area (Å²) in [6.07, 6.45) is 3.83. The van der Waals surface area contributed by atoms with Crippen LogP contribution in [0, 0.1) is 0 Å². The molecular weight excluding hydrogens is 552 g/mol. The zero-order chi connectivity index (χ0) is 30.1. The Morgan fingerprint density at radius 2 is 0.956 bits per heavy atom.